The molecule has 0 bridgehead atoms. The minimum atomic E-state index is -1.49. The number of alkyl halides is 1. The van der Waals surface area contributed by atoms with E-state index in [4.69, 9.17) is 16.7 Å². The fourth-order valence-electron chi connectivity index (χ4n) is 2.03. The van der Waals surface area contributed by atoms with Crippen LogP contribution in [0.15, 0.2) is 24.7 Å². The molecule has 7 heteroatoms. The van der Waals surface area contributed by atoms with E-state index >= 15 is 0 Å². The summed E-state index contributed by atoms with van der Waals surface area (Å²) in [5.74, 6) is 0.431. The maximum absolute atomic E-state index is 13.9. The molecule has 124 valence electrons. The van der Waals surface area contributed by atoms with Crippen LogP contribution in [0, 0.1) is 0 Å². The van der Waals surface area contributed by atoms with Crippen molar-refractivity contribution >= 4 is 17.3 Å². The third-order valence-electron chi connectivity index (χ3n) is 3.41. The van der Waals surface area contributed by atoms with Crippen molar-refractivity contribution in [2.24, 2.45) is 0 Å². The molecule has 23 heavy (non-hydrogen) atoms. The highest BCUT2D eigenvalue weighted by Crippen LogP contribution is 2.29. The Bertz CT molecular complexity index is 658. The van der Waals surface area contributed by atoms with E-state index in [1.807, 2.05) is 6.92 Å². The molecule has 2 heterocycles. The van der Waals surface area contributed by atoms with Crippen LogP contribution >= 0.6 is 11.6 Å². The summed E-state index contributed by atoms with van der Waals surface area (Å²) in [6, 6.07) is 1.72. The molecule has 5 nitrogen and oxygen atoms in total. The number of hydrogen-bond donors (Lipinski definition) is 2. The van der Waals surface area contributed by atoms with Crippen molar-refractivity contribution in [2.75, 3.05) is 11.9 Å². The van der Waals surface area contributed by atoms with Crippen molar-refractivity contribution in [3.63, 3.8) is 0 Å². The number of pyridine rings is 1. The van der Waals surface area contributed by atoms with Crippen molar-refractivity contribution in [2.45, 2.75) is 38.9 Å². The van der Waals surface area contributed by atoms with Gasteiger partial charge in [0.1, 0.15) is 10.8 Å². The number of aromatic nitrogens is 3. The van der Waals surface area contributed by atoms with Crippen molar-refractivity contribution in [3.8, 4) is 11.4 Å². The summed E-state index contributed by atoms with van der Waals surface area (Å²) in [6.45, 7) is 4.94. The van der Waals surface area contributed by atoms with Crippen LogP contribution in [0.25, 0.3) is 11.4 Å². The first kappa shape index (κ1) is 17.6. The minimum Gasteiger partial charge on any atom is -0.396 e. The molecule has 0 amide bonds. The van der Waals surface area contributed by atoms with E-state index < -0.39 is 5.67 Å². The van der Waals surface area contributed by atoms with Gasteiger partial charge in [0.05, 0.1) is 11.3 Å². The summed E-state index contributed by atoms with van der Waals surface area (Å²) in [5, 5.41) is 12.6. The van der Waals surface area contributed by atoms with E-state index in [-0.39, 0.29) is 12.6 Å². The van der Waals surface area contributed by atoms with E-state index in [1.54, 1.807) is 12.3 Å². The molecule has 0 aliphatic heterocycles. The fraction of sp³-hybridized carbons (Fsp3) is 0.438. The molecule has 2 aromatic rings. The van der Waals surface area contributed by atoms with Crippen LogP contribution in [0.1, 0.15) is 32.8 Å². The number of aliphatic hydroxyl groups is 1. The SMILES string of the molecule is C[C@@H](CCO)Nc1cc(Cl)ncc1-c1ncc(C(C)(C)F)cn1. The summed E-state index contributed by atoms with van der Waals surface area (Å²) in [5.41, 5.74) is 0.306. The summed E-state index contributed by atoms with van der Waals surface area (Å²) < 4.78 is 13.9. The molecule has 2 aromatic heterocycles. The molecule has 0 radical (unpaired) electrons. The second-order valence-corrected chi connectivity index (χ2v) is 6.27. The lowest BCUT2D eigenvalue weighted by atomic mass is 10.0. The maximum Gasteiger partial charge on any atom is 0.162 e. The lowest BCUT2D eigenvalue weighted by Gasteiger charge is -2.17. The first-order chi connectivity index (χ1) is 10.8. The molecule has 2 N–H and O–H groups in total. The Kier molecular flexibility index (Phi) is 5.49. The molecule has 0 unspecified atom stereocenters. The van der Waals surface area contributed by atoms with E-state index in [9.17, 15) is 4.39 Å². The van der Waals surface area contributed by atoms with Gasteiger partial charge in [0.15, 0.2) is 5.82 Å². The first-order valence-corrected chi connectivity index (χ1v) is 7.74. The zero-order chi connectivity index (χ0) is 17.0. The topological polar surface area (TPSA) is 70.9 Å². The predicted octanol–water partition coefficient (Wildman–Crippen LogP) is 3.58. The van der Waals surface area contributed by atoms with Crippen LogP contribution in [0.5, 0.6) is 0 Å². The van der Waals surface area contributed by atoms with Crippen molar-refractivity contribution < 1.29 is 9.50 Å². The summed E-state index contributed by atoms with van der Waals surface area (Å²) in [6.07, 6.45) is 5.11. The predicted molar refractivity (Wildman–Crippen MR) is 89.2 cm³/mol. The lowest BCUT2D eigenvalue weighted by Crippen LogP contribution is -2.17. The van der Waals surface area contributed by atoms with Gasteiger partial charge >= 0.3 is 0 Å². The monoisotopic (exact) mass is 338 g/mol. The zero-order valence-corrected chi connectivity index (χ0v) is 14.1. The quantitative estimate of drug-likeness (QED) is 0.788. The lowest BCUT2D eigenvalue weighted by molar-refractivity contribution is 0.220. The highest BCUT2D eigenvalue weighted by Gasteiger charge is 2.20. The van der Waals surface area contributed by atoms with Crippen molar-refractivity contribution in [3.05, 3.63) is 35.4 Å². The minimum absolute atomic E-state index is 0.0428. The van der Waals surface area contributed by atoms with Crippen LogP contribution in [-0.4, -0.2) is 32.7 Å². The zero-order valence-electron chi connectivity index (χ0n) is 13.3. The average Bonchev–Trinajstić information content (AvgIpc) is 2.47. The third-order valence-corrected chi connectivity index (χ3v) is 3.62. The van der Waals surface area contributed by atoms with Gasteiger partial charge in [-0.05, 0) is 33.3 Å². The van der Waals surface area contributed by atoms with E-state index in [0.29, 0.717) is 28.5 Å². The summed E-state index contributed by atoms with van der Waals surface area (Å²) >= 11 is 5.96. The Labute approximate surface area is 140 Å². The Hall–Kier alpha value is -1.79. The second-order valence-electron chi connectivity index (χ2n) is 5.88. The largest absolute Gasteiger partial charge is 0.396 e. The fourth-order valence-corrected chi connectivity index (χ4v) is 2.19. The van der Waals surface area contributed by atoms with Crippen LogP contribution < -0.4 is 5.32 Å². The van der Waals surface area contributed by atoms with Gasteiger partial charge in [-0.1, -0.05) is 11.6 Å². The highest BCUT2D eigenvalue weighted by atomic mass is 35.5. The normalized spacial score (nSPS) is 13.0. The highest BCUT2D eigenvalue weighted by molar-refractivity contribution is 6.29. The molecule has 0 saturated heterocycles. The molecule has 0 fully saturated rings. The number of rotatable bonds is 6. The smallest absolute Gasteiger partial charge is 0.162 e. The molecule has 0 spiro atoms. The van der Waals surface area contributed by atoms with Crippen LogP contribution in [0.2, 0.25) is 5.15 Å². The number of hydrogen-bond acceptors (Lipinski definition) is 5. The maximum atomic E-state index is 13.9. The number of halogens is 2. The van der Waals surface area contributed by atoms with Gasteiger partial charge in [0.2, 0.25) is 0 Å². The summed E-state index contributed by atoms with van der Waals surface area (Å²) in [7, 11) is 0. The number of aliphatic hydroxyl groups excluding tert-OH is 1. The molecular formula is C16H20ClFN4O. The van der Waals surface area contributed by atoms with Crippen LogP contribution in [0.4, 0.5) is 10.1 Å². The standard InChI is InChI=1S/C16H20ClFN4O/c1-10(4-5-23)22-13-6-14(17)19-9-12(13)15-20-7-11(8-21-15)16(2,3)18/h6-10,23H,4-5H2,1-3H3,(H,19,22)/t10-/m0/s1. The van der Waals surface area contributed by atoms with Gasteiger partial charge < -0.3 is 10.4 Å². The van der Waals surface area contributed by atoms with Gasteiger partial charge in [-0.25, -0.2) is 19.3 Å². The summed E-state index contributed by atoms with van der Waals surface area (Å²) in [4.78, 5) is 12.5. The molecule has 0 aliphatic carbocycles. The average molecular weight is 339 g/mol. The van der Waals surface area contributed by atoms with Gasteiger partial charge in [0.25, 0.3) is 0 Å². The van der Waals surface area contributed by atoms with Crippen LogP contribution in [0.3, 0.4) is 0 Å². The first-order valence-electron chi connectivity index (χ1n) is 7.36. The Balaban J connectivity index is 2.35. The third kappa shape index (κ3) is 4.59. The Morgan fingerprint density at radius 2 is 1.91 bits per heavy atom. The number of anilines is 1. The Morgan fingerprint density at radius 3 is 2.48 bits per heavy atom. The van der Waals surface area contributed by atoms with E-state index in [1.165, 1.54) is 26.2 Å². The van der Waals surface area contributed by atoms with Gasteiger partial charge in [-0.15, -0.1) is 0 Å². The molecular weight excluding hydrogens is 319 g/mol. The van der Waals surface area contributed by atoms with E-state index in [0.717, 1.165) is 5.69 Å². The van der Waals surface area contributed by atoms with Gasteiger partial charge in [-0.3, -0.25) is 0 Å². The molecule has 2 rings (SSSR count). The number of nitrogens with zero attached hydrogens (tertiary/aromatic N) is 3. The second kappa shape index (κ2) is 7.19. The van der Waals surface area contributed by atoms with Gasteiger partial charge in [-0.2, -0.15) is 0 Å². The number of nitrogens with one attached hydrogen (secondary N) is 1. The van der Waals surface area contributed by atoms with E-state index in [2.05, 4.69) is 20.3 Å². The van der Waals surface area contributed by atoms with Gasteiger partial charge in [0, 0.05) is 36.8 Å². The molecule has 0 saturated carbocycles. The molecule has 0 aliphatic rings. The van der Waals surface area contributed by atoms with Crippen molar-refractivity contribution in [1.29, 1.82) is 0 Å². The molecule has 1 atom stereocenters. The van der Waals surface area contributed by atoms with Crippen molar-refractivity contribution in [1.82, 2.24) is 15.0 Å². The Morgan fingerprint density at radius 1 is 1.26 bits per heavy atom. The van der Waals surface area contributed by atoms with Crippen LogP contribution in [-0.2, 0) is 5.67 Å². The molecule has 0 aromatic carbocycles.